The van der Waals surface area contributed by atoms with Crippen molar-refractivity contribution in [3.63, 3.8) is 0 Å². The number of esters is 1. The van der Waals surface area contributed by atoms with Crippen molar-refractivity contribution in [1.29, 1.82) is 0 Å². The van der Waals surface area contributed by atoms with E-state index in [0.717, 1.165) is 12.8 Å². The lowest BCUT2D eigenvalue weighted by Crippen LogP contribution is -2.38. The second-order valence-electron chi connectivity index (χ2n) is 6.26. The monoisotopic (exact) mass is 246 g/mol. The fourth-order valence-electron chi connectivity index (χ4n) is 2.62. The summed E-state index contributed by atoms with van der Waals surface area (Å²) in [7, 11) is 0. The molecule has 0 unspecified atom stereocenters. The van der Waals surface area contributed by atoms with E-state index in [2.05, 4.69) is 12.1 Å². The molecule has 0 aromatic heterocycles. The highest BCUT2D eigenvalue weighted by molar-refractivity contribution is 5.72. The number of rotatable bonds is 3. The quantitative estimate of drug-likeness (QED) is 0.757. The van der Waals surface area contributed by atoms with E-state index in [1.165, 1.54) is 12.0 Å². The molecule has 1 aromatic rings. The van der Waals surface area contributed by atoms with Crippen LogP contribution >= 0.6 is 0 Å². The average molecular weight is 246 g/mol. The molecule has 2 heteroatoms. The number of hydrogen-bond donors (Lipinski definition) is 0. The van der Waals surface area contributed by atoms with Crippen LogP contribution in [-0.2, 0) is 14.9 Å². The van der Waals surface area contributed by atoms with Crippen LogP contribution < -0.4 is 0 Å². The Labute approximate surface area is 109 Å². The first-order valence-corrected chi connectivity index (χ1v) is 6.69. The molecule has 0 radical (unpaired) electrons. The van der Waals surface area contributed by atoms with Gasteiger partial charge in [-0.3, -0.25) is 4.79 Å². The molecule has 0 bridgehead atoms. The van der Waals surface area contributed by atoms with Crippen molar-refractivity contribution >= 4 is 5.97 Å². The van der Waals surface area contributed by atoms with Gasteiger partial charge >= 0.3 is 5.97 Å². The maximum atomic E-state index is 12.0. The van der Waals surface area contributed by atoms with Crippen molar-refractivity contribution in [2.45, 2.75) is 57.5 Å². The molecule has 0 heterocycles. The Morgan fingerprint density at radius 3 is 2.28 bits per heavy atom. The van der Waals surface area contributed by atoms with Gasteiger partial charge < -0.3 is 4.74 Å². The second kappa shape index (κ2) is 4.75. The van der Waals surface area contributed by atoms with Crippen molar-refractivity contribution in [1.82, 2.24) is 0 Å². The predicted molar refractivity (Wildman–Crippen MR) is 72.4 cm³/mol. The molecule has 0 N–H and O–H groups in total. The Balaban J connectivity index is 2.08. The fourth-order valence-corrected chi connectivity index (χ4v) is 2.62. The van der Waals surface area contributed by atoms with Crippen LogP contribution in [0.25, 0.3) is 0 Å². The maximum Gasteiger partial charge on any atom is 0.307 e. The third-order valence-corrected chi connectivity index (χ3v) is 3.60. The molecular formula is C16H22O2. The van der Waals surface area contributed by atoms with Gasteiger partial charge in [0.05, 0.1) is 6.42 Å². The van der Waals surface area contributed by atoms with Crippen molar-refractivity contribution in [2.24, 2.45) is 0 Å². The van der Waals surface area contributed by atoms with E-state index in [1.807, 2.05) is 39.0 Å². The number of hydrogen-bond acceptors (Lipinski definition) is 2. The molecule has 0 aliphatic heterocycles. The van der Waals surface area contributed by atoms with Gasteiger partial charge in [0.2, 0.25) is 0 Å². The molecule has 1 aromatic carbocycles. The van der Waals surface area contributed by atoms with Gasteiger partial charge in [-0.2, -0.15) is 0 Å². The summed E-state index contributed by atoms with van der Waals surface area (Å²) in [4.78, 5) is 12.0. The Hall–Kier alpha value is -1.31. The first kappa shape index (κ1) is 13.1. The van der Waals surface area contributed by atoms with E-state index in [1.54, 1.807) is 0 Å². The molecule has 1 fully saturated rings. The highest BCUT2D eigenvalue weighted by atomic mass is 16.6. The van der Waals surface area contributed by atoms with Crippen molar-refractivity contribution in [2.75, 3.05) is 0 Å². The van der Waals surface area contributed by atoms with E-state index >= 15 is 0 Å². The summed E-state index contributed by atoms with van der Waals surface area (Å²) in [5.41, 5.74) is 0.921. The van der Waals surface area contributed by atoms with Gasteiger partial charge in [0.15, 0.2) is 0 Å². The first-order valence-electron chi connectivity index (χ1n) is 6.69. The summed E-state index contributed by atoms with van der Waals surface area (Å²) < 4.78 is 5.45. The van der Waals surface area contributed by atoms with Crippen LogP contribution in [0.3, 0.4) is 0 Å². The molecule has 1 aliphatic rings. The Morgan fingerprint density at radius 1 is 1.22 bits per heavy atom. The summed E-state index contributed by atoms with van der Waals surface area (Å²) in [6.45, 7) is 5.75. The topological polar surface area (TPSA) is 26.3 Å². The minimum Gasteiger partial charge on any atom is -0.460 e. The van der Waals surface area contributed by atoms with Crippen molar-refractivity contribution < 1.29 is 9.53 Å². The van der Waals surface area contributed by atoms with Crippen LogP contribution in [0.4, 0.5) is 0 Å². The molecule has 1 saturated carbocycles. The predicted octanol–water partition coefficient (Wildman–Crippen LogP) is 3.84. The van der Waals surface area contributed by atoms with Crippen molar-refractivity contribution in [3.05, 3.63) is 35.9 Å². The zero-order valence-corrected chi connectivity index (χ0v) is 11.5. The molecule has 2 nitrogen and oxygen atoms in total. The Morgan fingerprint density at radius 2 is 1.83 bits per heavy atom. The normalized spacial score (nSPS) is 17.9. The molecule has 18 heavy (non-hydrogen) atoms. The molecule has 98 valence electrons. The van der Waals surface area contributed by atoms with Gasteiger partial charge in [-0.05, 0) is 39.2 Å². The van der Waals surface area contributed by atoms with E-state index in [-0.39, 0.29) is 11.4 Å². The van der Waals surface area contributed by atoms with E-state index in [9.17, 15) is 4.79 Å². The fraction of sp³-hybridized carbons (Fsp3) is 0.562. The van der Waals surface area contributed by atoms with Crippen LogP contribution in [0, 0.1) is 0 Å². The van der Waals surface area contributed by atoms with Crippen LogP contribution in [0.2, 0.25) is 0 Å². The zero-order chi connectivity index (χ0) is 13.2. The molecule has 1 aliphatic carbocycles. The Bertz CT molecular complexity index is 410. The van der Waals surface area contributed by atoms with Gasteiger partial charge in [0.25, 0.3) is 0 Å². The largest absolute Gasteiger partial charge is 0.460 e. The number of benzene rings is 1. The van der Waals surface area contributed by atoms with E-state index in [0.29, 0.717) is 6.42 Å². The Kier molecular flexibility index (Phi) is 3.47. The number of ether oxygens (including phenoxy) is 1. The first-order chi connectivity index (χ1) is 8.41. The third kappa shape index (κ3) is 2.92. The average Bonchev–Trinajstić information content (AvgIpc) is 2.22. The molecule has 0 atom stereocenters. The van der Waals surface area contributed by atoms with Crippen LogP contribution in [-0.4, -0.2) is 11.6 Å². The zero-order valence-electron chi connectivity index (χ0n) is 11.5. The molecule has 2 rings (SSSR count). The van der Waals surface area contributed by atoms with E-state index in [4.69, 9.17) is 4.74 Å². The summed E-state index contributed by atoms with van der Waals surface area (Å²) in [5, 5.41) is 0. The van der Waals surface area contributed by atoms with Gasteiger partial charge in [0, 0.05) is 5.41 Å². The highest BCUT2D eigenvalue weighted by Crippen LogP contribution is 2.46. The minimum absolute atomic E-state index is 0.0313. The number of carbonyl (C=O) groups excluding carboxylic acids is 1. The summed E-state index contributed by atoms with van der Waals surface area (Å²) in [6.07, 6.45) is 3.90. The summed E-state index contributed by atoms with van der Waals surface area (Å²) >= 11 is 0. The second-order valence-corrected chi connectivity index (χ2v) is 6.26. The smallest absolute Gasteiger partial charge is 0.307 e. The van der Waals surface area contributed by atoms with Gasteiger partial charge in [-0.1, -0.05) is 36.8 Å². The molecule has 0 saturated heterocycles. The van der Waals surface area contributed by atoms with Gasteiger partial charge in [0.1, 0.15) is 5.60 Å². The van der Waals surface area contributed by atoms with Gasteiger partial charge in [-0.15, -0.1) is 0 Å². The van der Waals surface area contributed by atoms with Crippen molar-refractivity contribution in [3.8, 4) is 0 Å². The van der Waals surface area contributed by atoms with Crippen LogP contribution in [0.1, 0.15) is 52.0 Å². The van der Waals surface area contributed by atoms with E-state index < -0.39 is 5.60 Å². The molecule has 0 spiro atoms. The third-order valence-electron chi connectivity index (χ3n) is 3.60. The van der Waals surface area contributed by atoms with Crippen LogP contribution in [0.5, 0.6) is 0 Å². The number of carbonyl (C=O) groups is 1. The molecule has 0 amide bonds. The lowest BCUT2D eigenvalue weighted by molar-refractivity contribution is -0.157. The summed E-state index contributed by atoms with van der Waals surface area (Å²) in [6, 6.07) is 10.4. The van der Waals surface area contributed by atoms with Crippen LogP contribution in [0.15, 0.2) is 30.3 Å². The standard InChI is InChI=1S/C16H22O2/c1-15(2,3)18-14(17)12-16(10-7-11-16)13-8-5-4-6-9-13/h4-6,8-9H,7,10-12H2,1-3H3. The highest BCUT2D eigenvalue weighted by Gasteiger charge is 2.41. The maximum absolute atomic E-state index is 12.0. The summed E-state index contributed by atoms with van der Waals surface area (Å²) in [5.74, 6) is -0.0777. The lowest BCUT2D eigenvalue weighted by Gasteiger charge is -2.42. The minimum atomic E-state index is -0.390. The SMILES string of the molecule is CC(C)(C)OC(=O)CC1(c2ccccc2)CCC1. The van der Waals surface area contributed by atoms with Gasteiger partial charge in [-0.25, -0.2) is 0 Å². The lowest BCUT2D eigenvalue weighted by atomic mass is 9.62. The molecular weight excluding hydrogens is 224 g/mol.